The largest absolute Gasteiger partial charge is 0.507 e. The van der Waals surface area contributed by atoms with Gasteiger partial charge in [0.15, 0.2) is 0 Å². The average Bonchev–Trinajstić information content (AvgIpc) is 2.37. The van der Waals surface area contributed by atoms with E-state index in [9.17, 15) is 10.2 Å². The van der Waals surface area contributed by atoms with Crippen LogP contribution < -0.4 is 0 Å². The Kier molecular flexibility index (Phi) is 2.51. The number of hydrogen-bond donors (Lipinski definition) is 2. The van der Waals surface area contributed by atoms with E-state index in [0.717, 1.165) is 27.1 Å². The van der Waals surface area contributed by atoms with E-state index in [1.54, 1.807) is 19.9 Å². The summed E-state index contributed by atoms with van der Waals surface area (Å²) in [5.74, 6) is 0.285. The monoisotopic (exact) mass is 252 g/mol. The van der Waals surface area contributed by atoms with Gasteiger partial charge in [-0.3, -0.25) is 0 Å². The molecule has 2 N–H and O–H groups in total. The summed E-state index contributed by atoms with van der Waals surface area (Å²) in [4.78, 5) is 0. The lowest BCUT2D eigenvalue weighted by Gasteiger charge is -2.20. The first-order valence-corrected chi connectivity index (χ1v) is 6.35. The Morgan fingerprint density at radius 1 is 0.737 bits per heavy atom. The van der Waals surface area contributed by atoms with Crippen molar-refractivity contribution >= 4 is 21.5 Å². The Labute approximate surface area is 111 Å². The highest BCUT2D eigenvalue weighted by Crippen LogP contribution is 2.35. The summed E-state index contributed by atoms with van der Waals surface area (Å²) >= 11 is 0. The van der Waals surface area contributed by atoms with Crippen molar-refractivity contribution in [2.24, 2.45) is 0 Å². The first-order chi connectivity index (χ1) is 8.98. The Bertz CT molecular complexity index is 767. The molecule has 3 aromatic rings. The molecule has 0 aliphatic rings. The lowest BCUT2D eigenvalue weighted by molar-refractivity contribution is 0.0802. The van der Waals surface area contributed by atoms with Gasteiger partial charge >= 0.3 is 0 Å². The second-order valence-electron chi connectivity index (χ2n) is 5.40. The summed E-state index contributed by atoms with van der Waals surface area (Å²) in [7, 11) is 0. The summed E-state index contributed by atoms with van der Waals surface area (Å²) in [6.45, 7) is 3.57. The van der Waals surface area contributed by atoms with Gasteiger partial charge < -0.3 is 10.2 Å². The SMILES string of the molecule is CC(C)(O)c1cccc2c1ccc1c(O)cccc12. The van der Waals surface area contributed by atoms with Crippen LogP contribution in [0.3, 0.4) is 0 Å². The molecule has 0 saturated heterocycles. The molecule has 0 saturated carbocycles. The molecule has 3 rings (SSSR count). The number of rotatable bonds is 1. The van der Waals surface area contributed by atoms with E-state index in [4.69, 9.17) is 0 Å². The van der Waals surface area contributed by atoms with Gasteiger partial charge in [0.25, 0.3) is 0 Å². The third kappa shape index (κ3) is 1.85. The number of fused-ring (bicyclic) bond motifs is 3. The van der Waals surface area contributed by atoms with Gasteiger partial charge in [0.1, 0.15) is 5.75 Å². The smallest absolute Gasteiger partial charge is 0.123 e. The van der Waals surface area contributed by atoms with E-state index < -0.39 is 5.60 Å². The first kappa shape index (κ1) is 12.0. The fourth-order valence-electron chi connectivity index (χ4n) is 2.64. The van der Waals surface area contributed by atoms with E-state index >= 15 is 0 Å². The van der Waals surface area contributed by atoms with E-state index in [1.165, 1.54) is 0 Å². The Balaban J connectivity index is 2.49. The third-order valence-corrected chi connectivity index (χ3v) is 3.56. The zero-order valence-electron chi connectivity index (χ0n) is 11.0. The zero-order valence-corrected chi connectivity index (χ0v) is 11.0. The van der Waals surface area contributed by atoms with Gasteiger partial charge in [0, 0.05) is 5.39 Å². The van der Waals surface area contributed by atoms with Crippen LogP contribution in [0.4, 0.5) is 0 Å². The Morgan fingerprint density at radius 2 is 1.32 bits per heavy atom. The molecule has 96 valence electrons. The average molecular weight is 252 g/mol. The van der Waals surface area contributed by atoms with Crippen molar-refractivity contribution < 1.29 is 10.2 Å². The van der Waals surface area contributed by atoms with Crippen LogP contribution in [-0.4, -0.2) is 10.2 Å². The van der Waals surface area contributed by atoms with Gasteiger partial charge in [0.2, 0.25) is 0 Å². The topological polar surface area (TPSA) is 40.5 Å². The first-order valence-electron chi connectivity index (χ1n) is 6.35. The molecule has 0 heterocycles. The second kappa shape index (κ2) is 3.97. The minimum atomic E-state index is -0.885. The highest BCUT2D eigenvalue weighted by molar-refractivity contribution is 6.10. The van der Waals surface area contributed by atoms with Gasteiger partial charge in [-0.1, -0.05) is 42.5 Å². The standard InChI is InChI=1S/C17H16O2/c1-17(2,19)15-7-3-5-11-12-6-4-8-16(18)14(12)10-9-13(11)15/h3-10,18-19H,1-2H3. The van der Waals surface area contributed by atoms with Gasteiger partial charge in [-0.2, -0.15) is 0 Å². The van der Waals surface area contributed by atoms with Crippen LogP contribution in [0.25, 0.3) is 21.5 Å². The van der Waals surface area contributed by atoms with Crippen LogP contribution in [0.15, 0.2) is 48.5 Å². The van der Waals surface area contributed by atoms with Gasteiger partial charge in [-0.25, -0.2) is 0 Å². The molecular weight excluding hydrogens is 236 g/mol. The number of benzene rings is 3. The van der Waals surface area contributed by atoms with E-state index in [2.05, 4.69) is 0 Å². The molecule has 0 radical (unpaired) electrons. The predicted molar refractivity (Wildman–Crippen MR) is 78.4 cm³/mol. The normalized spacial score (nSPS) is 12.2. The summed E-state index contributed by atoms with van der Waals surface area (Å²) in [5, 5.41) is 24.1. The van der Waals surface area contributed by atoms with Crippen LogP contribution in [0.1, 0.15) is 19.4 Å². The van der Waals surface area contributed by atoms with Crippen molar-refractivity contribution in [2.75, 3.05) is 0 Å². The Hall–Kier alpha value is -2.06. The molecule has 3 aromatic carbocycles. The molecule has 0 bridgehead atoms. The van der Waals surface area contributed by atoms with Crippen LogP contribution in [-0.2, 0) is 5.60 Å². The molecule has 2 heteroatoms. The van der Waals surface area contributed by atoms with Crippen LogP contribution in [0, 0.1) is 0 Å². The minimum absolute atomic E-state index is 0.285. The summed E-state index contributed by atoms with van der Waals surface area (Å²) in [5.41, 5.74) is 0.0135. The van der Waals surface area contributed by atoms with Gasteiger partial charge in [-0.05, 0) is 41.6 Å². The number of hydrogen-bond acceptors (Lipinski definition) is 2. The number of phenolic OH excluding ortho intramolecular Hbond substituents is 1. The van der Waals surface area contributed by atoms with E-state index in [1.807, 2.05) is 42.5 Å². The zero-order chi connectivity index (χ0) is 13.6. The highest BCUT2D eigenvalue weighted by atomic mass is 16.3. The third-order valence-electron chi connectivity index (χ3n) is 3.56. The van der Waals surface area contributed by atoms with Crippen molar-refractivity contribution in [2.45, 2.75) is 19.4 Å². The fraction of sp³-hybridized carbons (Fsp3) is 0.176. The number of phenols is 1. The molecule has 0 aliphatic carbocycles. The fourth-order valence-corrected chi connectivity index (χ4v) is 2.64. The van der Waals surface area contributed by atoms with Crippen LogP contribution >= 0.6 is 0 Å². The predicted octanol–water partition coefficient (Wildman–Crippen LogP) is 3.93. The van der Waals surface area contributed by atoms with Crippen LogP contribution in [0.5, 0.6) is 5.75 Å². The molecule has 2 nitrogen and oxygen atoms in total. The molecular formula is C17H16O2. The molecule has 0 aromatic heterocycles. The minimum Gasteiger partial charge on any atom is -0.507 e. The number of aromatic hydroxyl groups is 1. The summed E-state index contributed by atoms with van der Waals surface area (Å²) < 4.78 is 0. The maximum Gasteiger partial charge on any atom is 0.123 e. The van der Waals surface area contributed by atoms with E-state index in [-0.39, 0.29) is 5.75 Å². The van der Waals surface area contributed by atoms with Crippen molar-refractivity contribution in [1.82, 2.24) is 0 Å². The number of aliphatic hydroxyl groups is 1. The quantitative estimate of drug-likeness (QED) is 0.644. The van der Waals surface area contributed by atoms with Gasteiger partial charge in [-0.15, -0.1) is 0 Å². The lowest BCUT2D eigenvalue weighted by atomic mass is 9.90. The second-order valence-corrected chi connectivity index (χ2v) is 5.40. The van der Waals surface area contributed by atoms with Crippen molar-refractivity contribution in [3.05, 3.63) is 54.1 Å². The summed E-state index contributed by atoms with van der Waals surface area (Å²) in [6, 6.07) is 15.3. The van der Waals surface area contributed by atoms with Gasteiger partial charge in [0.05, 0.1) is 5.60 Å². The van der Waals surface area contributed by atoms with Crippen molar-refractivity contribution in [1.29, 1.82) is 0 Å². The molecule has 0 atom stereocenters. The van der Waals surface area contributed by atoms with Crippen molar-refractivity contribution in [3.8, 4) is 5.75 Å². The maximum absolute atomic E-state index is 10.3. The maximum atomic E-state index is 10.3. The lowest BCUT2D eigenvalue weighted by Crippen LogP contribution is -2.15. The summed E-state index contributed by atoms with van der Waals surface area (Å²) in [6.07, 6.45) is 0. The van der Waals surface area contributed by atoms with Crippen molar-refractivity contribution in [3.63, 3.8) is 0 Å². The molecule has 0 fully saturated rings. The highest BCUT2D eigenvalue weighted by Gasteiger charge is 2.19. The molecule has 0 aliphatic heterocycles. The van der Waals surface area contributed by atoms with Crippen LogP contribution in [0.2, 0.25) is 0 Å². The molecule has 0 unspecified atom stereocenters. The molecule has 0 spiro atoms. The molecule has 0 amide bonds. The molecule has 19 heavy (non-hydrogen) atoms. The Morgan fingerprint density at radius 3 is 2.00 bits per heavy atom. The van der Waals surface area contributed by atoms with E-state index in [0.29, 0.717) is 0 Å².